The summed E-state index contributed by atoms with van der Waals surface area (Å²) in [4.78, 5) is 0. The molecule has 29 heavy (non-hydrogen) atoms. The predicted octanol–water partition coefficient (Wildman–Crippen LogP) is 6.43. The number of hydrogen-bond donors (Lipinski definition) is 1. The van der Waals surface area contributed by atoms with Crippen molar-refractivity contribution >= 4 is 35.6 Å². The Hall–Kier alpha value is -1.98. The number of methoxy groups -OCH3 is 1. The van der Waals surface area contributed by atoms with Crippen LogP contribution in [-0.2, 0) is 19.7 Å². The van der Waals surface area contributed by atoms with Crippen LogP contribution in [0.1, 0.15) is 16.7 Å². The predicted molar refractivity (Wildman–Crippen MR) is 118 cm³/mol. The second kappa shape index (κ2) is 11.3. The molecular formula is C22H21Cl3FNO2. The summed E-state index contributed by atoms with van der Waals surface area (Å²) in [5.74, 6) is 1.05. The van der Waals surface area contributed by atoms with Crippen LogP contribution in [0.4, 0.5) is 4.39 Å². The molecule has 0 aliphatic carbocycles. The Kier molecular flexibility index (Phi) is 9.05. The minimum Gasteiger partial charge on any atom is -0.493 e. The first-order chi connectivity index (χ1) is 13.5. The molecule has 1 N–H and O–H groups in total. The molecule has 0 amide bonds. The monoisotopic (exact) mass is 455 g/mol. The van der Waals surface area contributed by atoms with Crippen molar-refractivity contribution < 1.29 is 13.9 Å². The zero-order valence-corrected chi connectivity index (χ0v) is 18.1. The van der Waals surface area contributed by atoms with Gasteiger partial charge in [0.2, 0.25) is 0 Å². The third-order valence-electron chi connectivity index (χ3n) is 4.20. The lowest BCUT2D eigenvalue weighted by atomic mass is 10.1. The maximum atomic E-state index is 12.9. The highest BCUT2D eigenvalue weighted by Gasteiger charge is 2.08. The quantitative estimate of drug-likeness (QED) is 0.423. The summed E-state index contributed by atoms with van der Waals surface area (Å²) < 4.78 is 24.3. The molecule has 3 rings (SSSR count). The number of hydrogen-bond acceptors (Lipinski definition) is 3. The summed E-state index contributed by atoms with van der Waals surface area (Å²) in [6.45, 7) is 1.61. The first kappa shape index (κ1) is 23.3. The van der Waals surface area contributed by atoms with E-state index in [-0.39, 0.29) is 18.2 Å². The molecule has 0 saturated carbocycles. The third kappa shape index (κ3) is 6.79. The number of nitrogens with one attached hydrogen (secondary N) is 1. The minimum absolute atomic E-state index is 0. The fourth-order valence-corrected chi connectivity index (χ4v) is 3.15. The van der Waals surface area contributed by atoms with E-state index in [0.29, 0.717) is 41.2 Å². The highest BCUT2D eigenvalue weighted by Crippen LogP contribution is 2.30. The van der Waals surface area contributed by atoms with Crippen LogP contribution in [0.15, 0.2) is 60.7 Å². The fraction of sp³-hybridized carbons (Fsp3) is 0.182. The van der Waals surface area contributed by atoms with Gasteiger partial charge >= 0.3 is 0 Å². The Bertz CT molecular complexity index is 936. The van der Waals surface area contributed by atoms with Gasteiger partial charge in [0.1, 0.15) is 12.4 Å². The average Bonchev–Trinajstić information content (AvgIpc) is 2.69. The van der Waals surface area contributed by atoms with Crippen molar-refractivity contribution in [2.75, 3.05) is 7.11 Å². The van der Waals surface area contributed by atoms with Crippen molar-refractivity contribution in [1.82, 2.24) is 5.32 Å². The van der Waals surface area contributed by atoms with E-state index in [2.05, 4.69) is 5.32 Å². The smallest absolute Gasteiger partial charge is 0.161 e. The number of rotatable bonds is 8. The van der Waals surface area contributed by atoms with Crippen molar-refractivity contribution in [3.63, 3.8) is 0 Å². The Labute approximate surface area is 186 Å². The Morgan fingerprint density at radius 1 is 0.862 bits per heavy atom. The lowest BCUT2D eigenvalue weighted by Gasteiger charge is -2.13. The van der Waals surface area contributed by atoms with Crippen molar-refractivity contribution in [2.45, 2.75) is 19.7 Å². The van der Waals surface area contributed by atoms with Gasteiger partial charge in [-0.2, -0.15) is 0 Å². The molecule has 0 aliphatic rings. The van der Waals surface area contributed by atoms with Gasteiger partial charge < -0.3 is 14.8 Å². The van der Waals surface area contributed by atoms with Gasteiger partial charge in [0, 0.05) is 28.7 Å². The molecule has 3 aromatic rings. The molecule has 0 heterocycles. The highest BCUT2D eigenvalue weighted by molar-refractivity contribution is 6.35. The highest BCUT2D eigenvalue weighted by atomic mass is 35.5. The third-order valence-corrected chi connectivity index (χ3v) is 4.78. The normalized spacial score (nSPS) is 10.3. The summed E-state index contributed by atoms with van der Waals surface area (Å²) in [5, 5.41) is 4.48. The van der Waals surface area contributed by atoms with Crippen LogP contribution < -0.4 is 14.8 Å². The van der Waals surface area contributed by atoms with Gasteiger partial charge in [0.25, 0.3) is 0 Å². The molecule has 0 unspecified atom stereocenters. The maximum Gasteiger partial charge on any atom is 0.161 e. The number of ether oxygens (including phenoxy) is 2. The topological polar surface area (TPSA) is 30.5 Å². The van der Waals surface area contributed by atoms with E-state index in [1.54, 1.807) is 31.4 Å². The van der Waals surface area contributed by atoms with Crippen LogP contribution in [0.3, 0.4) is 0 Å². The molecule has 0 aliphatic heterocycles. The van der Waals surface area contributed by atoms with E-state index in [0.717, 1.165) is 16.7 Å². The average molecular weight is 457 g/mol. The van der Waals surface area contributed by atoms with Crippen LogP contribution in [0.2, 0.25) is 10.0 Å². The van der Waals surface area contributed by atoms with Crippen LogP contribution in [0.25, 0.3) is 0 Å². The van der Waals surface area contributed by atoms with Crippen LogP contribution in [-0.4, -0.2) is 7.11 Å². The van der Waals surface area contributed by atoms with Gasteiger partial charge in [-0.05, 0) is 47.5 Å². The van der Waals surface area contributed by atoms with E-state index >= 15 is 0 Å². The van der Waals surface area contributed by atoms with Gasteiger partial charge in [0.05, 0.1) is 7.11 Å². The number of benzene rings is 3. The summed E-state index contributed by atoms with van der Waals surface area (Å²) >= 11 is 12.1. The SMILES string of the molecule is COc1cc(CNCc2ccc(F)cc2)ccc1OCc1ccc(Cl)cc1Cl.Cl. The lowest BCUT2D eigenvalue weighted by molar-refractivity contribution is 0.284. The molecular weight excluding hydrogens is 436 g/mol. The van der Waals surface area contributed by atoms with E-state index in [1.807, 2.05) is 24.3 Å². The largest absolute Gasteiger partial charge is 0.493 e. The van der Waals surface area contributed by atoms with Crippen LogP contribution >= 0.6 is 35.6 Å². The van der Waals surface area contributed by atoms with E-state index in [4.69, 9.17) is 32.7 Å². The lowest BCUT2D eigenvalue weighted by Crippen LogP contribution is -2.12. The van der Waals surface area contributed by atoms with Crippen molar-refractivity contribution in [1.29, 1.82) is 0 Å². The molecule has 3 nitrogen and oxygen atoms in total. The molecule has 3 aromatic carbocycles. The zero-order chi connectivity index (χ0) is 19.9. The minimum atomic E-state index is -0.232. The Balaban J connectivity index is 0.00000300. The molecule has 0 radical (unpaired) electrons. The molecule has 0 saturated heterocycles. The summed E-state index contributed by atoms with van der Waals surface area (Å²) in [7, 11) is 1.60. The molecule has 0 fully saturated rings. The molecule has 154 valence electrons. The van der Waals surface area contributed by atoms with Crippen LogP contribution in [0.5, 0.6) is 11.5 Å². The maximum absolute atomic E-state index is 12.9. The summed E-state index contributed by atoms with van der Waals surface area (Å²) in [6, 6.07) is 17.5. The van der Waals surface area contributed by atoms with E-state index in [9.17, 15) is 4.39 Å². The van der Waals surface area contributed by atoms with Crippen LogP contribution in [0, 0.1) is 5.82 Å². The van der Waals surface area contributed by atoms with Gasteiger partial charge in [0.15, 0.2) is 11.5 Å². The van der Waals surface area contributed by atoms with Gasteiger partial charge in [-0.3, -0.25) is 0 Å². The standard InChI is InChI=1S/C22H20Cl2FNO2.ClH/c1-27-22-10-16(13-26-12-15-2-7-19(25)8-3-15)4-9-21(22)28-14-17-5-6-18(23)11-20(17)24;/h2-11,26H,12-14H2,1H3;1H. The molecule has 0 bridgehead atoms. The second-order valence-electron chi connectivity index (χ2n) is 6.24. The summed E-state index contributed by atoms with van der Waals surface area (Å²) in [6.07, 6.45) is 0. The first-order valence-corrected chi connectivity index (χ1v) is 9.49. The zero-order valence-electron chi connectivity index (χ0n) is 15.8. The molecule has 0 atom stereocenters. The van der Waals surface area contributed by atoms with Gasteiger partial charge in [-0.1, -0.05) is 47.5 Å². The van der Waals surface area contributed by atoms with Crippen molar-refractivity contribution in [3.05, 3.63) is 93.2 Å². The second-order valence-corrected chi connectivity index (χ2v) is 7.08. The first-order valence-electron chi connectivity index (χ1n) is 8.74. The van der Waals surface area contributed by atoms with E-state index < -0.39 is 0 Å². The molecule has 0 spiro atoms. The molecule has 0 aromatic heterocycles. The van der Waals surface area contributed by atoms with Gasteiger partial charge in [-0.25, -0.2) is 4.39 Å². The van der Waals surface area contributed by atoms with Crippen molar-refractivity contribution in [2.24, 2.45) is 0 Å². The Morgan fingerprint density at radius 2 is 1.55 bits per heavy atom. The van der Waals surface area contributed by atoms with E-state index in [1.165, 1.54) is 12.1 Å². The van der Waals surface area contributed by atoms with Crippen molar-refractivity contribution in [3.8, 4) is 11.5 Å². The fourth-order valence-electron chi connectivity index (χ4n) is 2.69. The molecule has 7 heteroatoms. The summed E-state index contributed by atoms with van der Waals surface area (Å²) in [5.41, 5.74) is 2.92. The van der Waals surface area contributed by atoms with Gasteiger partial charge in [-0.15, -0.1) is 12.4 Å². The Morgan fingerprint density at radius 3 is 2.24 bits per heavy atom. The number of halogens is 4.